The van der Waals surface area contributed by atoms with E-state index in [9.17, 15) is 4.79 Å². The number of ether oxygens (including phenoxy) is 1. The molecule has 2 atom stereocenters. The highest BCUT2D eigenvalue weighted by molar-refractivity contribution is 5.69. The summed E-state index contributed by atoms with van der Waals surface area (Å²) in [7, 11) is 0. The number of amides is 1. The number of nitrogens with two attached hydrogens (primary N) is 1. The molecule has 6 heteroatoms. The van der Waals surface area contributed by atoms with Crippen LogP contribution in [0.5, 0.6) is 0 Å². The number of aromatic nitrogens is 1. The largest absolute Gasteiger partial charge is 0.444 e. The maximum Gasteiger partial charge on any atom is 0.410 e. The van der Waals surface area contributed by atoms with E-state index in [0.29, 0.717) is 5.82 Å². The van der Waals surface area contributed by atoms with Gasteiger partial charge in [0.05, 0.1) is 24.0 Å². The van der Waals surface area contributed by atoms with Crippen LogP contribution < -0.4 is 10.6 Å². The van der Waals surface area contributed by atoms with Crippen LogP contribution in [0.2, 0.25) is 0 Å². The maximum absolute atomic E-state index is 12.4. The Morgan fingerprint density at radius 1 is 1.27 bits per heavy atom. The van der Waals surface area contributed by atoms with E-state index in [1.54, 1.807) is 12.3 Å². The van der Waals surface area contributed by atoms with E-state index < -0.39 is 5.60 Å². The SMILES string of the molecule is C[C@@H]1CN(c2ccc(N)nc2)C[C@H](C)N1C(=O)OC(C)(C)C. The molecule has 0 unspecified atom stereocenters. The Morgan fingerprint density at radius 3 is 2.32 bits per heavy atom. The van der Waals surface area contributed by atoms with Gasteiger partial charge in [0, 0.05) is 13.1 Å². The summed E-state index contributed by atoms with van der Waals surface area (Å²) < 4.78 is 5.51. The fraction of sp³-hybridized carbons (Fsp3) is 0.625. The van der Waals surface area contributed by atoms with Gasteiger partial charge in [-0.15, -0.1) is 0 Å². The van der Waals surface area contributed by atoms with Crippen molar-refractivity contribution in [3.05, 3.63) is 18.3 Å². The molecule has 0 saturated carbocycles. The predicted molar refractivity (Wildman–Crippen MR) is 87.9 cm³/mol. The normalized spacial score (nSPS) is 22.6. The number of hydrogen-bond acceptors (Lipinski definition) is 5. The third kappa shape index (κ3) is 3.81. The van der Waals surface area contributed by atoms with Gasteiger partial charge in [-0.25, -0.2) is 9.78 Å². The van der Waals surface area contributed by atoms with Crippen LogP contribution in [0.4, 0.5) is 16.3 Å². The zero-order valence-corrected chi connectivity index (χ0v) is 14.0. The van der Waals surface area contributed by atoms with Crippen molar-refractivity contribution in [3.63, 3.8) is 0 Å². The molecule has 0 spiro atoms. The van der Waals surface area contributed by atoms with Gasteiger partial charge < -0.3 is 15.4 Å². The molecular weight excluding hydrogens is 280 g/mol. The van der Waals surface area contributed by atoms with E-state index in [1.807, 2.05) is 45.6 Å². The molecule has 1 fully saturated rings. The van der Waals surface area contributed by atoms with Crippen molar-refractivity contribution >= 4 is 17.6 Å². The second kappa shape index (κ2) is 6.02. The Hall–Kier alpha value is -1.98. The van der Waals surface area contributed by atoms with Crippen LogP contribution in [0, 0.1) is 0 Å². The average Bonchev–Trinajstić information content (AvgIpc) is 2.36. The lowest BCUT2D eigenvalue weighted by Crippen LogP contribution is -2.59. The maximum atomic E-state index is 12.4. The quantitative estimate of drug-likeness (QED) is 0.863. The minimum Gasteiger partial charge on any atom is -0.444 e. The zero-order valence-electron chi connectivity index (χ0n) is 14.0. The number of hydrogen-bond donors (Lipinski definition) is 1. The Balaban J connectivity index is 2.08. The topological polar surface area (TPSA) is 71.7 Å². The first-order valence-corrected chi connectivity index (χ1v) is 7.65. The summed E-state index contributed by atoms with van der Waals surface area (Å²) in [6.45, 7) is 11.2. The number of piperazine rings is 1. The summed E-state index contributed by atoms with van der Waals surface area (Å²) in [6.07, 6.45) is 1.53. The average molecular weight is 306 g/mol. The highest BCUT2D eigenvalue weighted by atomic mass is 16.6. The summed E-state index contributed by atoms with van der Waals surface area (Å²) in [5, 5.41) is 0. The molecule has 0 bridgehead atoms. The van der Waals surface area contributed by atoms with Crippen molar-refractivity contribution in [1.29, 1.82) is 0 Å². The molecule has 1 saturated heterocycles. The Bertz CT molecular complexity index is 512. The van der Waals surface area contributed by atoms with Gasteiger partial charge in [-0.3, -0.25) is 4.90 Å². The fourth-order valence-corrected chi connectivity index (χ4v) is 2.79. The van der Waals surface area contributed by atoms with Gasteiger partial charge in [0.2, 0.25) is 0 Å². The first-order valence-electron chi connectivity index (χ1n) is 7.65. The van der Waals surface area contributed by atoms with E-state index >= 15 is 0 Å². The van der Waals surface area contributed by atoms with Crippen LogP contribution in [0.25, 0.3) is 0 Å². The molecule has 122 valence electrons. The predicted octanol–water partition coefficient (Wildman–Crippen LogP) is 2.50. The fourth-order valence-electron chi connectivity index (χ4n) is 2.79. The molecular formula is C16H26N4O2. The number of anilines is 2. The Labute approximate surface area is 132 Å². The zero-order chi connectivity index (χ0) is 16.5. The number of pyridine rings is 1. The summed E-state index contributed by atoms with van der Waals surface area (Å²) >= 11 is 0. The third-order valence-electron chi connectivity index (χ3n) is 3.66. The number of nitrogens with zero attached hydrogens (tertiary/aromatic N) is 3. The van der Waals surface area contributed by atoms with Crippen molar-refractivity contribution < 1.29 is 9.53 Å². The summed E-state index contributed by atoms with van der Waals surface area (Å²) in [5.74, 6) is 0.511. The van der Waals surface area contributed by atoms with Crippen molar-refractivity contribution in [3.8, 4) is 0 Å². The highest BCUT2D eigenvalue weighted by Crippen LogP contribution is 2.24. The lowest BCUT2D eigenvalue weighted by atomic mass is 10.1. The van der Waals surface area contributed by atoms with Gasteiger partial charge in [-0.1, -0.05) is 0 Å². The summed E-state index contributed by atoms with van der Waals surface area (Å²) in [4.78, 5) is 20.6. The first-order chi connectivity index (χ1) is 10.2. The minimum atomic E-state index is -0.478. The van der Waals surface area contributed by atoms with Gasteiger partial charge in [0.15, 0.2) is 0 Å². The summed E-state index contributed by atoms with van der Waals surface area (Å²) in [5.41, 5.74) is 6.18. The molecule has 2 N–H and O–H groups in total. The number of carbonyl (C=O) groups excluding carboxylic acids is 1. The Morgan fingerprint density at radius 2 is 1.86 bits per heavy atom. The summed E-state index contributed by atoms with van der Waals surface area (Å²) in [6, 6.07) is 3.89. The lowest BCUT2D eigenvalue weighted by molar-refractivity contribution is 0.00566. The molecule has 6 nitrogen and oxygen atoms in total. The first kappa shape index (κ1) is 16.4. The molecule has 1 amide bonds. The molecule has 1 aromatic heterocycles. The van der Waals surface area contributed by atoms with E-state index in [-0.39, 0.29) is 18.2 Å². The molecule has 1 aliphatic heterocycles. The van der Waals surface area contributed by atoms with Crippen molar-refractivity contribution in [2.24, 2.45) is 0 Å². The van der Waals surface area contributed by atoms with Crippen LogP contribution in [0.1, 0.15) is 34.6 Å². The van der Waals surface area contributed by atoms with E-state index in [0.717, 1.165) is 18.8 Å². The van der Waals surface area contributed by atoms with Crippen molar-refractivity contribution in [2.45, 2.75) is 52.3 Å². The van der Waals surface area contributed by atoms with E-state index in [1.165, 1.54) is 0 Å². The van der Waals surface area contributed by atoms with Crippen molar-refractivity contribution in [2.75, 3.05) is 23.7 Å². The second-order valence-corrected chi connectivity index (χ2v) is 6.93. The van der Waals surface area contributed by atoms with Gasteiger partial charge in [0.25, 0.3) is 0 Å². The molecule has 22 heavy (non-hydrogen) atoms. The van der Waals surface area contributed by atoms with Gasteiger partial charge in [0.1, 0.15) is 11.4 Å². The van der Waals surface area contributed by atoms with Crippen LogP contribution >= 0.6 is 0 Å². The lowest BCUT2D eigenvalue weighted by Gasteiger charge is -2.45. The smallest absolute Gasteiger partial charge is 0.410 e. The molecule has 0 aromatic carbocycles. The van der Waals surface area contributed by atoms with Crippen LogP contribution in [-0.2, 0) is 4.74 Å². The monoisotopic (exact) mass is 306 g/mol. The van der Waals surface area contributed by atoms with Gasteiger partial charge >= 0.3 is 6.09 Å². The molecule has 1 aliphatic rings. The standard InChI is InChI=1S/C16H26N4O2/c1-11-9-19(13-6-7-14(17)18-8-13)10-12(2)20(11)15(21)22-16(3,4)5/h6-8,11-12H,9-10H2,1-5H3,(H2,17,18)/t11-,12+. The minimum absolute atomic E-state index is 0.0659. The molecule has 2 heterocycles. The number of nitrogen functional groups attached to an aromatic ring is 1. The molecule has 0 radical (unpaired) electrons. The van der Waals surface area contributed by atoms with Crippen LogP contribution in [0.15, 0.2) is 18.3 Å². The Kier molecular flexibility index (Phi) is 4.49. The van der Waals surface area contributed by atoms with Gasteiger partial charge in [-0.2, -0.15) is 0 Å². The number of carbonyl (C=O) groups is 1. The van der Waals surface area contributed by atoms with Crippen LogP contribution in [0.3, 0.4) is 0 Å². The number of rotatable bonds is 1. The molecule has 0 aliphatic carbocycles. The third-order valence-corrected chi connectivity index (χ3v) is 3.66. The molecule has 2 rings (SSSR count). The van der Waals surface area contributed by atoms with E-state index in [2.05, 4.69) is 9.88 Å². The van der Waals surface area contributed by atoms with Crippen LogP contribution in [-0.4, -0.2) is 46.8 Å². The van der Waals surface area contributed by atoms with E-state index in [4.69, 9.17) is 10.5 Å². The highest BCUT2D eigenvalue weighted by Gasteiger charge is 2.35. The second-order valence-electron chi connectivity index (χ2n) is 6.93. The molecule has 1 aromatic rings. The van der Waals surface area contributed by atoms with Crippen molar-refractivity contribution in [1.82, 2.24) is 9.88 Å². The van der Waals surface area contributed by atoms with Gasteiger partial charge in [-0.05, 0) is 46.8 Å².